The SMILES string of the molecule is CC(NCc1ccc(F)c(F)c1)c1cc(F)ccc1F. The first kappa shape index (κ1) is 14.5. The molecule has 0 amide bonds. The summed E-state index contributed by atoms with van der Waals surface area (Å²) < 4.78 is 52.4. The van der Waals surface area contributed by atoms with Crippen molar-refractivity contribution in [1.29, 1.82) is 0 Å². The molecule has 0 bridgehead atoms. The van der Waals surface area contributed by atoms with Gasteiger partial charge in [0.1, 0.15) is 11.6 Å². The number of rotatable bonds is 4. The predicted octanol–water partition coefficient (Wildman–Crippen LogP) is 4.09. The van der Waals surface area contributed by atoms with Crippen LogP contribution in [0.25, 0.3) is 0 Å². The Morgan fingerprint density at radius 2 is 1.60 bits per heavy atom. The van der Waals surface area contributed by atoms with Crippen LogP contribution in [-0.2, 0) is 6.54 Å². The third kappa shape index (κ3) is 3.36. The van der Waals surface area contributed by atoms with Crippen molar-refractivity contribution < 1.29 is 17.6 Å². The lowest BCUT2D eigenvalue weighted by Gasteiger charge is -2.15. The summed E-state index contributed by atoms with van der Waals surface area (Å²) in [5.74, 6) is -2.90. The van der Waals surface area contributed by atoms with E-state index in [-0.39, 0.29) is 12.1 Å². The van der Waals surface area contributed by atoms with E-state index in [4.69, 9.17) is 0 Å². The molecular weight excluding hydrogens is 270 g/mol. The number of halogens is 4. The minimum absolute atomic E-state index is 0.188. The molecule has 1 nitrogen and oxygen atoms in total. The maximum absolute atomic E-state index is 13.5. The van der Waals surface area contributed by atoms with Crippen molar-refractivity contribution in [2.45, 2.75) is 19.5 Å². The Balaban J connectivity index is 2.06. The summed E-state index contributed by atoms with van der Waals surface area (Å²) in [6, 6.07) is 6.27. The topological polar surface area (TPSA) is 12.0 Å². The quantitative estimate of drug-likeness (QED) is 0.833. The van der Waals surface area contributed by atoms with Gasteiger partial charge in [0.25, 0.3) is 0 Å². The lowest BCUT2D eigenvalue weighted by atomic mass is 10.1. The van der Waals surface area contributed by atoms with Crippen molar-refractivity contribution in [1.82, 2.24) is 5.32 Å². The molecule has 0 radical (unpaired) electrons. The molecule has 1 atom stereocenters. The Hall–Kier alpha value is -1.88. The van der Waals surface area contributed by atoms with Crippen LogP contribution in [0.15, 0.2) is 36.4 Å². The summed E-state index contributed by atoms with van der Waals surface area (Å²) in [7, 11) is 0. The molecule has 2 aromatic rings. The molecule has 0 heterocycles. The zero-order chi connectivity index (χ0) is 14.7. The molecule has 5 heteroatoms. The van der Waals surface area contributed by atoms with Crippen LogP contribution in [0, 0.1) is 23.3 Å². The minimum Gasteiger partial charge on any atom is -0.306 e. The van der Waals surface area contributed by atoms with Gasteiger partial charge >= 0.3 is 0 Å². The van der Waals surface area contributed by atoms with Crippen LogP contribution < -0.4 is 5.32 Å². The molecule has 0 saturated heterocycles. The normalized spacial score (nSPS) is 12.4. The smallest absolute Gasteiger partial charge is 0.159 e. The molecule has 0 aliphatic carbocycles. The van der Waals surface area contributed by atoms with Crippen molar-refractivity contribution in [2.24, 2.45) is 0 Å². The van der Waals surface area contributed by atoms with Gasteiger partial charge in [0, 0.05) is 18.2 Å². The molecule has 106 valence electrons. The second kappa shape index (κ2) is 6.05. The van der Waals surface area contributed by atoms with Gasteiger partial charge in [0.15, 0.2) is 11.6 Å². The van der Waals surface area contributed by atoms with Crippen LogP contribution in [0.3, 0.4) is 0 Å². The Bertz CT molecular complexity index is 613. The summed E-state index contributed by atoms with van der Waals surface area (Å²) in [6.07, 6.45) is 0. The molecule has 2 aromatic carbocycles. The van der Waals surface area contributed by atoms with Crippen molar-refractivity contribution in [3.8, 4) is 0 Å². The minimum atomic E-state index is -0.936. The highest BCUT2D eigenvalue weighted by Crippen LogP contribution is 2.18. The summed E-state index contributed by atoms with van der Waals surface area (Å²) in [4.78, 5) is 0. The molecule has 1 N–H and O–H groups in total. The Morgan fingerprint density at radius 1 is 0.900 bits per heavy atom. The van der Waals surface area contributed by atoms with Gasteiger partial charge in [-0.25, -0.2) is 17.6 Å². The van der Waals surface area contributed by atoms with E-state index in [1.165, 1.54) is 6.07 Å². The van der Waals surface area contributed by atoms with Gasteiger partial charge in [-0.3, -0.25) is 0 Å². The van der Waals surface area contributed by atoms with Crippen molar-refractivity contribution in [3.05, 3.63) is 70.8 Å². The monoisotopic (exact) mass is 283 g/mol. The van der Waals surface area contributed by atoms with Gasteiger partial charge in [-0.15, -0.1) is 0 Å². The maximum atomic E-state index is 13.5. The fourth-order valence-electron chi connectivity index (χ4n) is 1.88. The van der Waals surface area contributed by atoms with Gasteiger partial charge < -0.3 is 5.32 Å². The van der Waals surface area contributed by atoms with E-state index >= 15 is 0 Å². The van der Waals surface area contributed by atoms with E-state index in [1.54, 1.807) is 6.92 Å². The van der Waals surface area contributed by atoms with Gasteiger partial charge in [-0.1, -0.05) is 6.07 Å². The van der Waals surface area contributed by atoms with Crippen LogP contribution in [0.1, 0.15) is 24.1 Å². The van der Waals surface area contributed by atoms with Gasteiger partial charge in [-0.05, 0) is 42.8 Å². The third-order valence-electron chi connectivity index (χ3n) is 3.02. The molecular formula is C15H13F4N. The molecule has 0 spiro atoms. The van der Waals surface area contributed by atoms with Gasteiger partial charge in [-0.2, -0.15) is 0 Å². The second-order valence-electron chi connectivity index (χ2n) is 4.52. The largest absolute Gasteiger partial charge is 0.306 e. The van der Waals surface area contributed by atoms with E-state index in [0.29, 0.717) is 5.56 Å². The van der Waals surface area contributed by atoms with Crippen LogP contribution >= 0.6 is 0 Å². The second-order valence-corrected chi connectivity index (χ2v) is 4.52. The van der Waals surface area contributed by atoms with Crippen molar-refractivity contribution >= 4 is 0 Å². The molecule has 0 saturated carbocycles. The number of nitrogens with one attached hydrogen (secondary N) is 1. The lowest BCUT2D eigenvalue weighted by Crippen LogP contribution is -2.19. The lowest BCUT2D eigenvalue weighted by molar-refractivity contribution is 0.499. The molecule has 1 unspecified atom stereocenters. The summed E-state index contributed by atoms with van der Waals surface area (Å²) in [5, 5.41) is 2.93. The highest BCUT2D eigenvalue weighted by molar-refractivity contribution is 5.23. The van der Waals surface area contributed by atoms with E-state index in [2.05, 4.69) is 5.32 Å². The Kier molecular flexibility index (Phi) is 4.39. The van der Waals surface area contributed by atoms with Crippen LogP contribution in [-0.4, -0.2) is 0 Å². The van der Waals surface area contributed by atoms with Crippen LogP contribution in [0.4, 0.5) is 17.6 Å². The Labute approximate surface area is 114 Å². The molecule has 0 aliphatic heterocycles. The molecule has 0 aliphatic rings. The number of hydrogen-bond acceptors (Lipinski definition) is 1. The maximum Gasteiger partial charge on any atom is 0.159 e. The fourth-order valence-corrected chi connectivity index (χ4v) is 1.88. The first-order chi connectivity index (χ1) is 9.47. The first-order valence-corrected chi connectivity index (χ1v) is 6.09. The number of hydrogen-bond donors (Lipinski definition) is 1. The highest BCUT2D eigenvalue weighted by atomic mass is 19.2. The standard InChI is InChI=1S/C15H13F4N/c1-9(12-7-11(16)3-5-13(12)17)20-8-10-2-4-14(18)15(19)6-10/h2-7,9,20H,8H2,1H3. The third-order valence-corrected chi connectivity index (χ3v) is 3.02. The zero-order valence-electron chi connectivity index (χ0n) is 10.8. The first-order valence-electron chi connectivity index (χ1n) is 6.09. The summed E-state index contributed by atoms with van der Waals surface area (Å²) in [6.45, 7) is 1.88. The van der Waals surface area contributed by atoms with Crippen molar-refractivity contribution in [2.75, 3.05) is 0 Å². The average molecular weight is 283 g/mol. The van der Waals surface area contributed by atoms with E-state index < -0.39 is 29.3 Å². The van der Waals surface area contributed by atoms with Crippen LogP contribution in [0.5, 0.6) is 0 Å². The summed E-state index contributed by atoms with van der Waals surface area (Å²) >= 11 is 0. The molecule has 2 rings (SSSR count). The van der Waals surface area contributed by atoms with Gasteiger partial charge in [0.2, 0.25) is 0 Å². The fraction of sp³-hybridized carbons (Fsp3) is 0.200. The molecule has 20 heavy (non-hydrogen) atoms. The highest BCUT2D eigenvalue weighted by Gasteiger charge is 2.12. The average Bonchev–Trinajstić information content (AvgIpc) is 2.42. The zero-order valence-corrected chi connectivity index (χ0v) is 10.8. The van der Waals surface area contributed by atoms with E-state index in [1.807, 2.05) is 0 Å². The summed E-state index contributed by atoms with van der Waals surface area (Å²) in [5.41, 5.74) is 0.708. The van der Waals surface area contributed by atoms with E-state index in [0.717, 1.165) is 30.3 Å². The molecule has 0 fully saturated rings. The number of benzene rings is 2. The van der Waals surface area contributed by atoms with Crippen molar-refractivity contribution in [3.63, 3.8) is 0 Å². The van der Waals surface area contributed by atoms with Gasteiger partial charge in [0.05, 0.1) is 0 Å². The Morgan fingerprint density at radius 3 is 2.30 bits per heavy atom. The van der Waals surface area contributed by atoms with Crippen LogP contribution in [0.2, 0.25) is 0 Å². The predicted molar refractivity (Wildman–Crippen MR) is 68.0 cm³/mol. The van der Waals surface area contributed by atoms with E-state index in [9.17, 15) is 17.6 Å². The molecule has 0 aromatic heterocycles.